The zero-order valence-electron chi connectivity index (χ0n) is 17.1. The number of hydrogen-bond donors (Lipinski definition) is 0. The van der Waals surface area contributed by atoms with Crippen molar-refractivity contribution in [2.75, 3.05) is 26.7 Å². The molecule has 1 saturated heterocycles. The zero-order chi connectivity index (χ0) is 21.4. The number of halogens is 1. The Balaban J connectivity index is 1.43. The summed E-state index contributed by atoms with van der Waals surface area (Å²) in [6.45, 7) is 1.90. The molecule has 0 aliphatic carbocycles. The molecule has 156 valence electrons. The summed E-state index contributed by atoms with van der Waals surface area (Å²) >= 11 is 0. The van der Waals surface area contributed by atoms with Gasteiger partial charge in [-0.1, -0.05) is 12.1 Å². The molecule has 0 unspecified atom stereocenters. The van der Waals surface area contributed by atoms with Crippen molar-refractivity contribution in [3.05, 3.63) is 90.5 Å². The molecule has 4 heterocycles. The van der Waals surface area contributed by atoms with Gasteiger partial charge in [-0.15, -0.1) is 0 Å². The second-order valence-corrected chi connectivity index (χ2v) is 7.84. The number of pyridine rings is 2. The van der Waals surface area contributed by atoms with E-state index in [2.05, 4.69) is 29.1 Å². The van der Waals surface area contributed by atoms with Crippen molar-refractivity contribution in [3.63, 3.8) is 0 Å². The van der Waals surface area contributed by atoms with Gasteiger partial charge in [0.2, 0.25) is 0 Å². The highest BCUT2D eigenvalue weighted by Gasteiger charge is 2.31. The number of benzene rings is 1. The molecule has 4 aromatic rings. The maximum absolute atomic E-state index is 13.2. The van der Waals surface area contributed by atoms with Crippen LogP contribution in [0.4, 0.5) is 4.39 Å². The van der Waals surface area contributed by atoms with Gasteiger partial charge in [-0.3, -0.25) is 14.7 Å². The highest BCUT2D eigenvalue weighted by molar-refractivity contribution is 5.94. The van der Waals surface area contributed by atoms with Gasteiger partial charge in [0.25, 0.3) is 5.91 Å². The van der Waals surface area contributed by atoms with Gasteiger partial charge in [-0.2, -0.15) is 0 Å². The second kappa shape index (κ2) is 7.92. The van der Waals surface area contributed by atoms with Gasteiger partial charge >= 0.3 is 0 Å². The predicted octanol–water partition coefficient (Wildman–Crippen LogP) is 3.66. The fourth-order valence-corrected chi connectivity index (χ4v) is 4.11. The lowest BCUT2D eigenvalue weighted by Crippen LogP contribution is -2.49. The number of nitrogens with zero attached hydrogens (tertiary/aromatic N) is 5. The minimum atomic E-state index is -0.345. The van der Waals surface area contributed by atoms with Gasteiger partial charge in [0.15, 0.2) is 0 Å². The molecule has 0 spiro atoms. The Morgan fingerprint density at radius 1 is 1.06 bits per heavy atom. The number of hydrogen-bond acceptors (Lipinski definition) is 4. The standard InChI is InChI=1S/C24H22FN5O/c1-28-11-12-29(24(31)17-4-7-20(25)8-5-17)15-22(28)23-21-9-6-19(14-30(21)16-27-23)18-3-2-10-26-13-18/h2-10,13-14,16,22H,11-12,15H2,1H3/t22-/m0/s1. The number of amides is 1. The van der Waals surface area contributed by atoms with Gasteiger partial charge < -0.3 is 9.30 Å². The van der Waals surface area contributed by atoms with E-state index in [1.54, 1.807) is 6.20 Å². The van der Waals surface area contributed by atoms with Crippen molar-refractivity contribution in [1.29, 1.82) is 0 Å². The highest BCUT2D eigenvalue weighted by atomic mass is 19.1. The SMILES string of the molecule is CN1CCN(C(=O)c2ccc(F)cc2)C[C@H]1c1ncn2cc(-c3cccnc3)ccc12. The number of aromatic nitrogens is 3. The Morgan fingerprint density at radius 2 is 1.90 bits per heavy atom. The Hall–Kier alpha value is -3.58. The molecule has 0 N–H and O–H groups in total. The van der Waals surface area contributed by atoms with Crippen LogP contribution in [0.3, 0.4) is 0 Å². The molecule has 31 heavy (non-hydrogen) atoms. The molecule has 3 aromatic heterocycles. The number of fused-ring (bicyclic) bond motifs is 1. The van der Waals surface area contributed by atoms with Crippen LogP contribution in [0.5, 0.6) is 0 Å². The van der Waals surface area contributed by atoms with E-state index >= 15 is 0 Å². The number of carbonyl (C=O) groups is 1. The van der Waals surface area contributed by atoms with Crippen LogP contribution in [-0.4, -0.2) is 56.8 Å². The van der Waals surface area contributed by atoms with E-state index < -0.39 is 0 Å². The minimum absolute atomic E-state index is 0.0209. The van der Waals surface area contributed by atoms with E-state index in [0.717, 1.165) is 28.9 Å². The van der Waals surface area contributed by atoms with Crippen molar-refractivity contribution in [1.82, 2.24) is 24.2 Å². The van der Waals surface area contributed by atoms with Crippen molar-refractivity contribution in [2.45, 2.75) is 6.04 Å². The van der Waals surface area contributed by atoms with E-state index in [0.29, 0.717) is 18.7 Å². The number of imidazole rings is 1. The topological polar surface area (TPSA) is 53.7 Å². The van der Waals surface area contributed by atoms with Crippen molar-refractivity contribution in [2.24, 2.45) is 0 Å². The molecule has 1 fully saturated rings. The van der Waals surface area contributed by atoms with Crippen molar-refractivity contribution >= 4 is 11.4 Å². The van der Waals surface area contributed by atoms with E-state index in [-0.39, 0.29) is 17.8 Å². The third-order valence-corrected chi connectivity index (χ3v) is 5.90. The Labute approximate surface area is 179 Å². The van der Waals surface area contributed by atoms with Gasteiger partial charge in [-0.25, -0.2) is 9.37 Å². The summed E-state index contributed by atoms with van der Waals surface area (Å²) in [6, 6.07) is 13.8. The summed E-state index contributed by atoms with van der Waals surface area (Å²) in [4.78, 5) is 25.9. The normalized spacial score (nSPS) is 17.2. The highest BCUT2D eigenvalue weighted by Crippen LogP contribution is 2.29. The molecule has 5 rings (SSSR count). The van der Waals surface area contributed by atoms with E-state index in [1.165, 1.54) is 24.3 Å². The summed E-state index contributed by atoms with van der Waals surface area (Å²) in [7, 11) is 2.06. The van der Waals surface area contributed by atoms with Gasteiger partial charge in [0.05, 0.1) is 23.6 Å². The quantitative estimate of drug-likeness (QED) is 0.512. The molecule has 7 heteroatoms. The maximum atomic E-state index is 13.2. The molecular formula is C24H22FN5O. The molecule has 1 aromatic carbocycles. The Kier molecular flexibility index (Phi) is 4.95. The van der Waals surface area contributed by atoms with E-state index in [9.17, 15) is 9.18 Å². The van der Waals surface area contributed by atoms with Crippen molar-refractivity contribution < 1.29 is 9.18 Å². The summed E-state index contributed by atoms with van der Waals surface area (Å²) in [5.41, 5.74) is 4.57. The molecule has 1 atom stereocenters. The molecule has 1 aliphatic rings. The average molecular weight is 415 g/mol. The van der Waals surface area contributed by atoms with Crippen molar-refractivity contribution in [3.8, 4) is 11.1 Å². The van der Waals surface area contributed by atoms with Gasteiger partial charge in [-0.05, 0) is 49.0 Å². The molecule has 1 amide bonds. The third-order valence-electron chi connectivity index (χ3n) is 5.90. The Morgan fingerprint density at radius 3 is 2.68 bits per heavy atom. The van der Waals surface area contributed by atoms with Crippen LogP contribution in [0, 0.1) is 5.82 Å². The largest absolute Gasteiger partial charge is 0.335 e. The minimum Gasteiger partial charge on any atom is -0.335 e. The third kappa shape index (κ3) is 3.68. The first-order chi connectivity index (χ1) is 15.1. The lowest BCUT2D eigenvalue weighted by molar-refractivity contribution is 0.0542. The van der Waals surface area contributed by atoms with Crippen LogP contribution < -0.4 is 0 Å². The fourth-order valence-electron chi connectivity index (χ4n) is 4.11. The first-order valence-corrected chi connectivity index (χ1v) is 10.2. The van der Waals surface area contributed by atoms with E-state index in [4.69, 9.17) is 4.98 Å². The lowest BCUT2D eigenvalue weighted by atomic mass is 10.1. The first kappa shape index (κ1) is 19.4. The number of piperazine rings is 1. The smallest absolute Gasteiger partial charge is 0.253 e. The molecule has 6 nitrogen and oxygen atoms in total. The average Bonchev–Trinajstić information content (AvgIpc) is 3.23. The molecule has 0 saturated carbocycles. The van der Waals surface area contributed by atoms with Crippen LogP contribution in [0.2, 0.25) is 0 Å². The molecule has 0 bridgehead atoms. The fraction of sp³-hybridized carbons (Fsp3) is 0.208. The second-order valence-electron chi connectivity index (χ2n) is 7.84. The van der Waals surface area contributed by atoms with Gasteiger partial charge in [0.1, 0.15) is 5.82 Å². The van der Waals surface area contributed by atoms with Crippen LogP contribution in [0.15, 0.2) is 73.4 Å². The lowest BCUT2D eigenvalue weighted by Gasteiger charge is -2.39. The monoisotopic (exact) mass is 415 g/mol. The number of rotatable bonds is 3. The molecule has 1 aliphatic heterocycles. The summed E-state index contributed by atoms with van der Waals surface area (Å²) in [5.74, 6) is -0.427. The Bertz CT molecular complexity index is 1220. The zero-order valence-corrected chi connectivity index (χ0v) is 17.1. The predicted molar refractivity (Wildman–Crippen MR) is 116 cm³/mol. The number of carbonyl (C=O) groups excluding carboxylic acids is 1. The molecule has 0 radical (unpaired) electrons. The van der Waals surface area contributed by atoms with Crippen LogP contribution >= 0.6 is 0 Å². The summed E-state index contributed by atoms with van der Waals surface area (Å²) in [6.07, 6.45) is 7.47. The summed E-state index contributed by atoms with van der Waals surface area (Å²) in [5, 5.41) is 0. The number of likely N-dealkylation sites (N-methyl/N-ethyl adjacent to an activating group) is 1. The van der Waals surface area contributed by atoms with Gasteiger partial charge in [0, 0.05) is 49.4 Å². The maximum Gasteiger partial charge on any atom is 0.253 e. The van der Waals surface area contributed by atoms with Crippen LogP contribution in [0.1, 0.15) is 22.1 Å². The van der Waals surface area contributed by atoms with Crippen LogP contribution in [-0.2, 0) is 0 Å². The first-order valence-electron chi connectivity index (χ1n) is 10.2. The van der Waals surface area contributed by atoms with Crippen LogP contribution in [0.25, 0.3) is 16.6 Å². The van der Waals surface area contributed by atoms with E-state index in [1.807, 2.05) is 40.2 Å². The summed E-state index contributed by atoms with van der Waals surface area (Å²) < 4.78 is 15.3. The molecular weight excluding hydrogens is 393 g/mol.